The number of piperazine rings is 1. The van der Waals surface area contributed by atoms with Crippen molar-refractivity contribution in [3.05, 3.63) is 29.8 Å². The van der Waals surface area contributed by atoms with Gasteiger partial charge in [0.15, 0.2) is 5.78 Å². The average Bonchev–Trinajstić information content (AvgIpc) is 2.36. The number of nitrogens with one attached hydrogen (secondary N) is 1. The summed E-state index contributed by atoms with van der Waals surface area (Å²) in [7, 11) is 0. The lowest BCUT2D eigenvalue weighted by Gasteiger charge is -2.28. The third kappa shape index (κ3) is 2.40. The van der Waals surface area contributed by atoms with Gasteiger partial charge in [0.1, 0.15) is 0 Å². The van der Waals surface area contributed by atoms with Crippen LogP contribution in [0.3, 0.4) is 0 Å². The lowest BCUT2D eigenvalue weighted by Crippen LogP contribution is -2.51. The van der Waals surface area contributed by atoms with Gasteiger partial charge < -0.3 is 4.90 Å². The number of carbonyl (C=O) groups is 3. The summed E-state index contributed by atoms with van der Waals surface area (Å²) in [5, 5.41) is 2.24. The number of Topliss-reactive ketones (excluding diaryl/α,β-unsaturated/α-hetero) is 1. The second kappa shape index (κ2) is 5.00. The number of ketones is 1. The summed E-state index contributed by atoms with van der Waals surface area (Å²) < 4.78 is 0. The van der Waals surface area contributed by atoms with Crippen LogP contribution >= 0.6 is 0 Å². The SMILES string of the molecule is CCC(=O)c1ccccc1N1CC(=O)NC(=O)C1. The molecule has 0 radical (unpaired) electrons. The second-order valence-corrected chi connectivity index (χ2v) is 4.12. The number of hydrogen-bond acceptors (Lipinski definition) is 4. The fourth-order valence-corrected chi connectivity index (χ4v) is 1.98. The molecule has 1 heterocycles. The molecular weight excluding hydrogens is 232 g/mol. The topological polar surface area (TPSA) is 66.5 Å². The summed E-state index contributed by atoms with van der Waals surface area (Å²) in [5.41, 5.74) is 1.20. The van der Waals surface area contributed by atoms with E-state index in [1.54, 1.807) is 36.1 Å². The number of imide groups is 1. The van der Waals surface area contributed by atoms with E-state index in [-0.39, 0.29) is 30.7 Å². The Morgan fingerprint density at radius 1 is 1.22 bits per heavy atom. The van der Waals surface area contributed by atoms with Gasteiger partial charge in [0.05, 0.1) is 13.1 Å². The van der Waals surface area contributed by atoms with Crippen LogP contribution in [0, 0.1) is 0 Å². The smallest absolute Gasteiger partial charge is 0.246 e. The van der Waals surface area contributed by atoms with Gasteiger partial charge in [-0.15, -0.1) is 0 Å². The molecule has 0 saturated carbocycles. The highest BCUT2D eigenvalue weighted by molar-refractivity contribution is 6.06. The van der Waals surface area contributed by atoms with Crippen molar-refractivity contribution in [3.8, 4) is 0 Å². The van der Waals surface area contributed by atoms with Crippen LogP contribution in [0.4, 0.5) is 5.69 Å². The van der Waals surface area contributed by atoms with Crippen molar-refractivity contribution >= 4 is 23.3 Å². The maximum absolute atomic E-state index is 11.8. The van der Waals surface area contributed by atoms with Gasteiger partial charge in [0.2, 0.25) is 11.8 Å². The summed E-state index contributed by atoms with van der Waals surface area (Å²) >= 11 is 0. The first-order chi connectivity index (χ1) is 8.61. The molecule has 1 aromatic rings. The van der Waals surface area contributed by atoms with Crippen molar-refractivity contribution in [2.45, 2.75) is 13.3 Å². The van der Waals surface area contributed by atoms with Crippen molar-refractivity contribution < 1.29 is 14.4 Å². The maximum Gasteiger partial charge on any atom is 0.246 e. The Morgan fingerprint density at radius 2 is 1.83 bits per heavy atom. The van der Waals surface area contributed by atoms with Gasteiger partial charge in [0, 0.05) is 17.7 Å². The Kier molecular flexibility index (Phi) is 3.41. The van der Waals surface area contributed by atoms with E-state index in [1.807, 2.05) is 0 Å². The monoisotopic (exact) mass is 246 g/mol. The van der Waals surface area contributed by atoms with Crippen molar-refractivity contribution in [2.75, 3.05) is 18.0 Å². The second-order valence-electron chi connectivity index (χ2n) is 4.12. The van der Waals surface area contributed by atoms with Crippen molar-refractivity contribution in [2.24, 2.45) is 0 Å². The number of amides is 2. The number of hydrogen-bond donors (Lipinski definition) is 1. The first-order valence-corrected chi connectivity index (χ1v) is 5.81. The Balaban J connectivity index is 2.35. The van der Waals surface area contributed by atoms with Crippen LogP contribution in [-0.4, -0.2) is 30.7 Å². The zero-order chi connectivity index (χ0) is 13.1. The van der Waals surface area contributed by atoms with Gasteiger partial charge in [-0.2, -0.15) is 0 Å². The highest BCUT2D eigenvalue weighted by Gasteiger charge is 2.25. The molecule has 1 aromatic carbocycles. The first-order valence-electron chi connectivity index (χ1n) is 5.81. The highest BCUT2D eigenvalue weighted by Crippen LogP contribution is 2.22. The number of carbonyl (C=O) groups excluding carboxylic acids is 3. The van der Waals surface area contributed by atoms with Gasteiger partial charge in [-0.3, -0.25) is 19.7 Å². The zero-order valence-corrected chi connectivity index (χ0v) is 10.1. The molecule has 0 spiro atoms. The van der Waals surface area contributed by atoms with E-state index in [9.17, 15) is 14.4 Å². The molecule has 5 heteroatoms. The van der Waals surface area contributed by atoms with Crippen LogP contribution in [0.1, 0.15) is 23.7 Å². The van der Waals surface area contributed by atoms with E-state index in [0.29, 0.717) is 17.7 Å². The lowest BCUT2D eigenvalue weighted by molar-refractivity contribution is -0.130. The molecule has 1 aliphatic heterocycles. The van der Waals surface area contributed by atoms with Crippen LogP contribution in [0.25, 0.3) is 0 Å². The van der Waals surface area contributed by atoms with E-state index in [4.69, 9.17) is 0 Å². The minimum atomic E-state index is -0.343. The van der Waals surface area contributed by atoms with Crippen LogP contribution < -0.4 is 10.2 Å². The summed E-state index contributed by atoms with van der Waals surface area (Å²) in [4.78, 5) is 36.2. The molecule has 1 aliphatic rings. The van der Waals surface area contributed by atoms with Crippen molar-refractivity contribution in [1.82, 2.24) is 5.32 Å². The van der Waals surface area contributed by atoms with E-state index >= 15 is 0 Å². The minimum absolute atomic E-state index is 0.00373. The number of benzene rings is 1. The molecule has 0 atom stereocenters. The third-order valence-corrected chi connectivity index (χ3v) is 2.81. The van der Waals surface area contributed by atoms with Gasteiger partial charge in [-0.25, -0.2) is 0 Å². The van der Waals surface area contributed by atoms with E-state index < -0.39 is 0 Å². The molecule has 0 aliphatic carbocycles. The minimum Gasteiger partial charge on any atom is -0.352 e. The largest absolute Gasteiger partial charge is 0.352 e. The Morgan fingerprint density at radius 3 is 2.44 bits per heavy atom. The Bertz CT molecular complexity index is 495. The Hall–Kier alpha value is -2.17. The molecule has 0 bridgehead atoms. The molecule has 2 amide bonds. The maximum atomic E-state index is 11.8. The van der Waals surface area contributed by atoms with Crippen LogP contribution in [0.2, 0.25) is 0 Å². The van der Waals surface area contributed by atoms with Crippen LogP contribution in [-0.2, 0) is 9.59 Å². The first kappa shape index (κ1) is 12.3. The molecule has 94 valence electrons. The number of rotatable bonds is 3. The quantitative estimate of drug-likeness (QED) is 0.631. The van der Waals surface area contributed by atoms with Crippen molar-refractivity contribution in [3.63, 3.8) is 0 Å². The summed E-state index contributed by atoms with van der Waals surface area (Å²) in [6.45, 7) is 1.98. The van der Waals surface area contributed by atoms with Crippen LogP contribution in [0.15, 0.2) is 24.3 Å². The number of nitrogens with zero attached hydrogens (tertiary/aromatic N) is 1. The summed E-state index contributed by atoms with van der Waals surface area (Å²) in [6, 6.07) is 7.05. The van der Waals surface area contributed by atoms with E-state index in [0.717, 1.165) is 0 Å². The van der Waals surface area contributed by atoms with E-state index in [2.05, 4.69) is 5.32 Å². The van der Waals surface area contributed by atoms with Gasteiger partial charge in [-0.1, -0.05) is 19.1 Å². The number of para-hydroxylation sites is 1. The standard InChI is InChI=1S/C13H14N2O3/c1-2-11(16)9-5-3-4-6-10(9)15-7-12(17)14-13(18)8-15/h3-6H,2,7-8H2,1H3,(H,14,17,18). The van der Waals surface area contributed by atoms with Gasteiger partial charge in [0.25, 0.3) is 0 Å². The fraction of sp³-hybridized carbons (Fsp3) is 0.308. The molecular formula is C13H14N2O3. The summed E-state index contributed by atoms with van der Waals surface area (Å²) in [6.07, 6.45) is 0.394. The highest BCUT2D eigenvalue weighted by atomic mass is 16.2. The predicted octanol–water partition coefficient (Wildman–Crippen LogP) is 0.742. The lowest BCUT2D eigenvalue weighted by atomic mass is 10.1. The molecule has 0 unspecified atom stereocenters. The zero-order valence-electron chi connectivity index (χ0n) is 10.1. The van der Waals surface area contributed by atoms with E-state index in [1.165, 1.54) is 0 Å². The molecule has 0 aromatic heterocycles. The van der Waals surface area contributed by atoms with Crippen LogP contribution in [0.5, 0.6) is 0 Å². The molecule has 2 rings (SSSR count). The molecule has 1 fully saturated rings. The molecule has 1 saturated heterocycles. The fourth-order valence-electron chi connectivity index (χ4n) is 1.98. The molecule has 1 N–H and O–H groups in total. The molecule has 5 nitrogen and oxygen atoms in total. The summed E-state index contributed by atoms with van der Waals surface area (Å²) in [5.74, 6) is -0.681. The van der Waals surface area contributed by atoms with Crippen molar-refractivity contribution in [1.29, 1.82) is 0 Å². The van der Waals surface area contributed by atoms with Gasteiger partial charge in [-0.05, 0) is 12.1 Å². The normalized spacial score (nSPS) is 15.5. The van der Waals surface area contributed by atoms with Gasteiger partial charge >= 0.3 is 0 Å². The average molecular weight is 246 g/mol. The predicted molar refractivity (Wildman–Crippen MR) is 66.4 cm³/mol. The molecule has 18 heavy (non-hydrogen) atoms. The number of anilines is 1. The third-order valence-electron chi connectivity index (χ3n) is 2.81. The Labute approximate surface area is 105 Å².